The van der Waals surface area contributed by atoms with Gasteiger partial charge in [0.25, 0.3) is 0 Å². The summed E-state index contributed by atoms with van der Waals surface area (Å²) in [4.78, 5) is 0. The van der Waals surface area contributed by atoms with E-state index in [0.717, 1.165) is 67.0 Å². The number of aromatic nitrogens is 2. The predicted molar refractivity (Wildman–Crippen MR) is 186 cm³/mol. The topological polar surface area (TPSA) is 23.0 Å². The molecular formula is C42H28N2O. The zero-order chi connectivity index (χ0) is 29.7. The Morgan fingerprint density at radius 2 is 0.911 bits per heavy atom. The second-order valence-corrected chi connectivity index (χ2v) is 11.3. The van der Waals surface area contributed by atoms with E-state index in [1.807, 2.05) is 6.07 Å². The molecule has 3 aromatic heterocycles. The van der Waals surface area contributed by atoms with Gasteiger partial charge in [-0.25, -0.2) is 0 Å². The minimum absolute atomic E-state index is 0.837. The molecule has 3 nitrogen and oxygen atoms in total. The van der Waals surface area contributed by atoms with E-state index >= 15 is 0 Å². The Kier molecular flexibility index (Phi) is 5.82. The fourth-order valence-electron chi connectivity index (χ4n) is 6.88. The molecule has 9 rings (SSSR count). The van der Waals surface area contributed by atoms with Crippen LogP contribution >= 0.6 is 0 Å². The van der Waals surface area contributed by atoms with Crippen molar-refractivity contribution in [3.8, 4) is 45.0 Å². The Bertz CT molecular complexity index is 2350. The minimum atomic E-state index is 0.837. The first-order valence-electron chi connectivity index (χ1n) is 15.3. The number of furan rings is 1. The summed E-state index contributed by atoms with van der Waals surface area (Å²) in [6.45, 7) is 0. The monoisotopic (exact) mass is 576 g/mol. The van der Waals surface area contributed by atoms with Crippen LogP contribution in [0.5, 0.6) is 0 Å². The Morgan fingerprint density at radius 3 is 1.58 bits per heavy atom. The number of hydrogen-bond acceptors (Lipinski definition) is 1. The molecule has 0 aliphatic rings. The molecular weight excluding hydrogens is 548 g/mol. The molecule has 0 bridgehead atoms. The Labute approximate surface area is 260 Å². The predicted octanol–water partition coefficient (Wildman–Crippen LogP) is 11.3. The lowest BCUT2D eigenvalue weighted by atomic mass is 9.94. The van der Waals surface area contributed by atoms with E-state index in [9.17, 15) is 0 Å². The minimum Gasteiger partial charge on any atom is -0.439 e. The molecule has 0 N–H and O–H groups in total. The summed E-state index contributed by atoms with van der Waals surface area (Å²) >= 11 is 0. The summed E-state index contributed by atoms with van der Waals surface area (Å²) in [6, 6.07) is 60.0. The quantitative estimate of drug-likeness (QED) is 0.200. The van der Waals surface area contributed by atoms with Crippen LogP contribution in [0.3, 0.4) is 0 Å². The van der Waals surface area contributed by atoms with Gasteiger partial charge in [0.1, 0.15) is 11.4 Å². The van der Waals surface area contributed by atoms with Gasteiger partial charge in [0.2, 0.25) is 5.71 Å². The third-order valence-electron chi connectivity index (χ3n) is 8.74. The van der Waals surface area contributed by atoms with Gasteiger partial charge in [0, 0.05) is 27.6 Å². The molecule has 0 spiro atoms. The summed E-state index contributed by atoms with van der Waals surface area (Å²) in [5.74, 6) is 1.04. The molecule has 0 saturated carbocycles. The highest BCUT2D eigenvalue weighted by Crippen LogP contribution is 2.50. The SMILES string of the molecule is c1ccc(-c2c(-c3ccccc3)c(-n3c4ccccc4c4c5ccccc5oc43)n(-c3ccccc3)c2-c2ccccc2)cc1. The third-order valence-corrected chi connectivity index (χ3v) is 8.74. The Morgan fingerprint density at radius 1 is 0.400 bits per heavy atom. The van der Waals surface area contributed by atoms with Crippen molar-refractivity contribution < 1.29 is 4.42 Å². The van der Waals surface area contributed by atoms with Crippen molar-refractivity contribution in [1.82, 2.24) is 9.13 Å². The van der Waals surface area contributed by atoms with E-state index in [1.54, 1.807) is 0 Å². The smallest absolute Gasteiger partial charge is 0.214 e. The van der Waals surface area contributed by atoms with Gasteiger partial charge in [-0.05, 0) is 41.0 Å². The highest BCUT2D eigenvalue weighted by atomic mass is 16.3. The summed E-state index contributed by atoms with van der Waals surface area (Å²) in [5, 5.41) is 3.41. The van der Waals surface area contributed by atoms with Gasteiger partial charge in [-0.2, -0.15) is 0 Å². The first kappa shape index (κ1) is 25.4. The largest absolute Gasteiger partial charge is 0.439 e. The van der Waals surface area contributed by atoms with E-state index in [0.29, 0.717) is 0 Å². The van der Waals surface area contributed by atoms with Gasteiger partial charge in [0.05, 0.1) is 16.6 Å². The second-order valence-electron chi connectivity index (χ2n) is 11.3. The first-order chi connectivity index (χ1) is 22.4. The van der Waals surface area contributed by atoms with Crippen molar-refractivity contribution >= 4 is 33.0 Å². The highest BCUT2D eigenvalue weighted by Gasteiger charge is 2.31. The lowest BCUT2D eigenvalue weighted by Gasteiger charge is -2.17. The standard InChI is InChI=1S/C42H28N2O/c1-5-17-29(18-6-1)37-38(30-19-7-2-8-20-30)41(43(32-23-11-4-12-24-32)40(37)31-21-9-3-10-22-31)44-35-27-15-13-25-33(35)39-34-26-14-16-28-36(34)45-42(39)44/h1-28H. The van der Waals surface area contributed by atoms with E-state index in [1.165, 1.54) is 10.9 Å². The molecule has 0 fully saturated rings. The van der Waals surface area contributed by atoms with E-state index < -0.39 is 0 Å². The fourth-order valence-corrected chi connectivity index (χ4v) is 6.88. The van der Waals surface area contributed by atoms with Crippen molar-refractivity contribution in [2.75, 3.05) is 0 Å². The molecule has 0 unspecified atom stereocenters. The summed E-state index contributed by atoms with van der Waals surface area (Å²) < 4.78 is 11.6. The molecule has 45 heavy (non-hydrogen) atoms. The zero-order valence-electron chi connectivity index (χ0n) is 24.5. The van der Waals surface area contributed by atoms with Crippen LogP contribution in [-0.4, -0.2) is 9.13 Å². The van der Waals surface area contributed by atoms with Crippen LogP contribution in [0.4, 0.5) is 0 Å². The van der Waals surface area contributed by atoms with Gasteiger partial charge in [-0.3, -0.25) is 9.13 Å². The maximum absolute atomic E-state index is 6.81. The molecule has 0 aliphatic carbocycles. The lowest BCUT2D eigenvalue weighted by molar-refractivity contribution is 0.642. The van der Waals surface area contributed by atoms with E-state index in [2.05, 4.69) is 173 Å². The number of fused-ring (bicyclic) bond motifs is 5. The van der Waals surface area contributed by atoms with Crippen molar-refractivity contribution in [3.63, 3.8) is 0 Å². The number of hydrogen-bond donors (Lipinski definition) is 0. The maximum atomic E-state index is 6.81. The van der Waals surface area contributed by atoms with Crippen LogP contribution in [0.1, 0.15) is 0 Å². The lowest BCUT2D eigenvalue weighted by Crippen LogP contribution is -2.06. The van der Waals surface area contributed by atoms with Gasteiger partial charge in [0.15, 0.2) is 0 Å². The molecule has 6 aromatic carbocycles. The summed E-state index contributed by atoms with van der Waals surface area (Å²) in [6.07, 6.45) is 0. The molecule has 0 radical (unpaired) electrons. The van der Waals surface area contributed by atoms with Gasteiger partial charge < -0.3 is 4.42 Å². The number of nitrogens with zero attached hydrogens (tertiary/aromatic N) is 2. The molecule has 0 aliphatic heterocycles. The number of benzene rings is 6. The van der Waals surface area contributed by atoms with Crippen molar-refractivity contribution in [3.05, 3.63) is 170 Å². The molecule has 9 aromatic rings. The van der Waals surface area contributed by atoms with Gasteiger partial charge in [-0.15, -0.1) is 0 Å². The highest BCUT2D eigenvalue weighted by molar-refractivity contribution is 6.20. The second kappa shape index (κ2) is 10.3. The van der Waals surface area contributed by atoms with Crippen LogP contribution in [0.2, 0.25) is 0 Å². The van der Waals surface area contributed by atoms with Crippen LogP contribution < -0.4 is 0 Å². The van der Waals surface area contributed by atoms with Gasteiger partial charge in [-0.1, -0.05) is 146 Å². The average molecular weight is 577 g/mol. The summed E-state index contributed by atoms with van der Waals surface area (Å²) in [7, 11) is 0. The van der Waals surface area contributed by atoms with Crippen molar-refractivity contribution in [2.24, 2.45) is 0 Å². The maximum Gasteiger partial charge on any atom is 0.214 e. The Balaban J connectivity index is 1.58. The van der Waals surface area contributed by atoms with Crippen LogP contribution in [0.25, 0.3) is 78.0 Å². The Hall–Kier alpha value is -6.06. The fraction of sp³-hybridized carbons (Fsp3) is 0. The zero-order valence-corrected chi connectivity index (χ0v) is 24.5. The number of para-hydroxylation sites is 3. The average Bonchev–Trinajstić information content (AvgIpc) is 3.77. The van der Waals surface area contributed by atoms with Crippen LogP contribution in [-0.2, 0) is 0 Å². The number of rotatable bonds is 5. The van der Waals surface area contributed by atoms with Crippen molar-refractivity contribution in [2.45, 2.75) is 0 Å². The van der Waals surface area contributed by atoms with E-state index in [4.69, 9.17) is 4.42 Å². The van der Waals surface area contributed by atoms with Crippen LogP contribution in [0.15, 0.2) is 174 Å². The first-order valence-corrected chi connectivity index (χ1v) is 15.3. The molecule has 3 heterocycles. The molecule has 212 valence electrons. The van der Waals surface area contributed by atoms with Gasteiger partial charge >= 0.3 is 0 Å². The molecule has 0 amide bonds. The molecule has 0 saturated heterocycles. The van der Waals surface area contributed by atoms with E-state index in [-0.39, 0.29) is 0 Å². The third kappa shape index (κ3) is 3.91. The molecule has 0 atom stereocenters. The summed E-state index contributed by atoms with van der Waals surface area (Å²) in [5.41, 5.74) is 10.8. The normalized spacial score (nSPS) is 11.6. The van der Waals surface area contributed by atoms with Crippen molar-refractivity contribution in [1.29, 1.82) is 0 Å². The molecule has 3 heteroatoms. The van der Waals surface area contributed by atoms with Crippen LogP contribution in [0, 0.1) is 0 Å².